The molecule has 2 N–H and O–H groups in total. The van der Waals surface area contributed by atoms with Gasteiger partial charge in [0.2, 0.25) is 5.89 Å². The normalized spacial score (nSPS) is 15.5. The Morgan fingerprint density at radius 2 is 1.77 bits per heavy atom. The fourth-order valence-corrected chi connectivity index (χ4v) is 5.10. The quantitative estimate of drug-likeness (QED) is 0.276. The third kappa shape index (κ3) is 4.84. The van der Waals surface area contributed by atoms with Crippen molar-refractivity contribution in [2.75, 3.05) is 18.8 Å². The molecule has 0 spiro atoms. The van der Waals surface area contributed by atoms with Crippen LogP contribution in [0.3, 0.4) is 0 Å². The number of hydrogen-bond acceptors (Lipinski definition) is 8. The van der Waals surface area contributed by atoms with Gasteiger partial charge in [0, 0.05) is 18.7 Å². The van der Waals surface area contributed by atoms with Crippen molar-refractivity contribution in [2.45, 2.75) is 38.8 Å². The molecule has 10 heteroatoms. The molecule has 0 radical (unpaired) electrons. The highest BCUT2D eigenvalue weighted by Crippen LogP contribution is 2.45. The average molecular weight is 539 g/mol. The topological polar surface area (TPSA) is 122 Å². The summed E-state index contributed by atoms with van der Waals surface area (Å²) in [6, 6.07) is 17.3. The summed E-state index contributed by atoms with van der Waals surface area (Å²) in [5.41, 5.74) is 8.95. The molecular formula is C30H30N6O4. The van der Waals surface area contributed by atoms with Crippen LogP contribution in [0.4, 0.5) is 10.6 Å². The summed E-state index contributed by atoms with van der Waals surface area (Å²) >= 11 is 0. The van der Waals surface area contributed by atoms with Gasteiger partial charge < -0.3 is 29.1 Å². The molecular weight excluding hydrogens is 508 g/mol. The molecule has 4 heterocycles. The van der Waals surface area contributed by atoms with Crippen molar-refractivity contribution in [2.24, 2.45) is 0 Å². The Morgan fingerprint density at radius 3 is 2.48 bits per heavy atom. The number of nitrogens with two attached hydrogens (primary N) is 1. The SMILES string of the molecule is CC(C)(C)OC(=O)N1CCC(n2c(-c3ncco3)c(-c3ccc(Oc4ccccc4)cc3)c3c(N)ncnc32)C1. The van der Waals surface area contributed by atoms with Crippen LogP contribution in [-0.2, 0) is 4.74 Å². The molecule has 0 aliphatic carbocycles. The van der Waals surface area contributed by atoms with Crippen molar-refractivity contribution in [1.29, 1.82) is 0 Å². The number of likely N-dealkylation sites (tertiary alicyclic amines) is 1. The number of carbonyl (C=O) groups is 1. The van der Waals surface area contributed by atoms with Crippen molar-refractivity contribution in [3.8, 4) is 34.2 Å². The summed E-state index contributed by atoms with van der Waals surface area (Å²) in [6.07, 6.45) is 4.95. The van der Waals surface area contributed by atoms with Gasteiger partial charge in [-0.15, -0.1) is 0 Å². The molecule has 40 heavy (non-hydrogen) atoms. The largest absolute Gasteiger partial charge is 0.457 e. The van der Waals surface area contributed by atoms with Gasteiger partial charge in [0.25, 0.3) is 0 Å². The van der Waals surface area contributed by atoms with E-state index in [1.165, 1.54) is 12.6 Å². The van der Waals surface area contributed by atoms with Crippen molar-refractivity contribution in [1.82, 2.24) is 24.4 Å². The van der Waals surface area contributed by atoms with Crippen LogP contribution < -0.4 is 10.5 Å². The summed E-state index contributed by atoms with van der Waals surface area (Å²) < 4.78 is 19.6. The van der Waals surface area contributed by atoms with E-state index in [0.29, 0.717) is 48.0 Å². The first-order valence-electron chi connectivity index (χ1n) is 13.1. The Morgan fingerprint density at radius 1 is 1.02 bits per heavy atom. The highest BCUT2D eigenvalue weighted by atomic mass is 16.6. The molecule has 204 valence electrons. The first kappa shape index (κ1) is 25.4. The van der Waals surface area contributed by atoms with E-state index in [9.17, 15) is 4.79 Å². The van der Waals surface area contributed by atoms with Crippen LogP contribution >= 0.6 is 0 Å². The van der Waals surface area contributed by atoms with E-state index in [0.717, 1.165) is 22.6 Å². The zero-order valence-electron chi connectivity index (χ0n) is 22.6. The Hall–Kier alpha value is -4.86. The summed E-state index contributed by atoms with van der Waals surface area (Å²) in [5, 5.41) is 0.697. The maximum Gasteiger partial charge on any atom is 0.410 e. The molecule has 1 saturated heterocycles. The number of fused-ring (bicyclic) bond motifs is 1. The number of benzene rings is 2. The highest BCUT2D eigenvalue weighted by molar-refractivity contribution is 6.07. The second-order valence-electron chi connectivity index (χ2n) is 10.7. The van der Waals surface area contributed by atoms with Gasteiger partial charge in [-0.25, -0.2) is 19.7 Å². The minimum absolute atomic E-state index is 0.111. The Kier molecular flexibility index (Phi) is 6.37. The molecule has 0 saturated carbocycles. The highest BCUT2D eigenvalue weighted by Gasteiger charge is 2.35. The Labute approximate surface area is 231 Å². The summed E-state index contributed by atoms with van der Waals surface area (Å²) in [4.78, 5) is 28.0. The van der Waals surface area contributed by atoms with Crippen molar-refractivity contribution < 1.29 is 18.7 Å². The van der Waals surface area contributed by atoms with E-state index < -0.39 is 5.60 Å². The minimum atomic E-state index is -0.580. The molecule has 1 unspecified atom stereocenters. The average Bonchev–Trinajstić information content (AvgIpc) is 3.68. The number of ether oxygens (including phenoxy) is 2. The molecule has 2 aromatic carbocycles. The summed E-state index contributed by atoms with van der Waals surface area (Å²) in [5.74, 6) is 2.22. The number of rotatable bonds is 5. The second kappa shape index (κ2) is 10.0. The minimum Gasteiger partial charge on any atom is -0.457 e. The molecule has 1 aliphatic heterocycles. The predicted octanol–water partition coefficient (Wildman–Crippen LogP) is 6.31. The van der Waals surface area contributed by atoms with E-state index in [-0.39, 0.29) is 12.1 Å². The zero-order chi connectivity index (χ0) is 27.9. The predicted molar refractivity (Wildman–Crippen MR) is 151 cm³/mol. The van der Waals surface area contributed by atoms with Crippen molar-refractivity contribution in [3.63, 3.8) is 0 Å². The zero-order valence-corrected chi connectivity index (χ0v) is 22.6. The summed E-state index contributed by atoms with van der Waals surface area (Å²) in [6.45, 7) is 6.58. The third-order valence-electron chi connectivity index (χ3n) is 6.75. The maximum absolute atomic E-state index is 12.9. The lowest BCUT2D eigenvalue weighted by atomic mass is 10.0. The lowest BCUT2D eigenvalue weighted by Crippen LogP contribution is -2.35. The fourth-order valence-electron chi connectivity index (χ4n) is 5.10. The Balaban J connectivity index is 1.45. The van der Waals surface area contributed by atoms with Gasteiger partial charge in [-0.2, -0.15) is 0 Å². The molecule has 1 fully saturated rings. The van der Waals surface area contributed by atoms with E-state index in [1.54, 1.807) is 11.1 Å². The van der Waals surface area contributed by atoms with Crippen LogP contribution in [-0.4, -0.2) is 49.2 Å². The number of anilines is 1. The number of para-hydroxylation sites is 1. The van der Waals surface area contributed by atoms with Crippen LogP contribution in [0.5, 0.6) is 11.5 Å². The number of amides is 1. The van der Waals surface area contributed by atoms with Gasteiger partial charge in [0.15, 0.2) is 0 Å². The number of nitrogen functional groups attached to an aromatic ring is 1. The third-order valence-corrected chi connectivity index (χ3v) is 6.75. The first-order chi connectivity index (χ1) is 19.3. The number of aromatic nitrogens is 4. The van der Waals surface area contributed by atoms with Crippen LogP contribution in [0.25, 0.3) is 33.7 Å². The molecule has 1 aliphatic rings. The smallest absolute Gasteiger partial charge is 0.410 e. The molecule has 3 aromatic heterocycles. The molecule has 0 bridgehead atoms. The lowest BCUT2D eigenvalue weighted by molar-refractivity contribution is 0.0289. The molecule has 1 atom stereocenters. The van der Waals surface area contributed by atoms with E-state index in [1.807, 2.05) is 75.4 Å². The standard InChI is InChI=1S/C30H30N6O4/c1-30(2,3)40-29(37)35-15-13-20(17-35)36-25(28-32-14-16-38-28)23(24-26(31)33-18-34-27(24)36)19-9-11-22(12-10-19)39-21-7-5-4-6-8-21/h4-12,14,16,18,20H,13,15,17H2,1-3H3,(H2,31,33,34). The maximum atomic E-state index is 12.9. The van der Waals surface area contributed by atoms with Crippen LogP contribution in [0.15, 0.2) is 77.8 Å². The van der Waals surface area contributed by atoms with Crippen molar-refractivity contribution in [3.05, 3.63) is 73.4 Å². The lowest BCUT2D eigenvalue weighted by Gasteiger charge is -2.24. The van der Waals surface area contributed by atoms with Crippen LogP contribution in [0, 0.1) is 0 Å². The number of hydrogen-bond donors (Lipinski definition) is 1. The molecule has 6 rings (SSSR count). The van der Waals surface area contributed by atoms with Crippen LogP contribution in [0.1, 0.15) is 33.2 Å². The number of carbonyl (C=O) groups excluding carboxylic acids is 1. The van der Waals surface area contributed by atoms with Crippen LogP contribution in [0.2, 0.25) is 0 Å². The van der Waals surface area contributed by atoms with E-state index in [2.05, 4.69) is 19.5 Å². The first-order valence-corrected chi connectivity index (χ1v) is 13.1. The van der Waals surface area contributed by atoms with Gasteiger partial charge in [0.1, 0.15) is 46.8 Å². The second-order valence-corrected chi connectivity index (χ2v) is 10.7. The Bertz CT molecular complexity index is 1640. The van der Waals surface area contributed by atoms with Gasteiger partial charge in [-0.05, 0) is 57.0 Å². The monoisotopic (exact) mass is 538 g/mol. The fraction of sp³-hybridized carbons (Fsp3) is 0.267. The van der Waals surface area contributed by atoms with Gasteiger partial charge in [-0.1, -0.05) is 30.3 Å². The summed E-state index contributed by atoms with van der Waals surface area (Å²) in [7, 11) is 0. The molecule has 1 amide bonds. The van der Waals surface area contributed by atoms with Gasteiger partial charge >= 0.3 is 6.09 Å². The molecule has 10 nitrogen and oxygen atoms in total. The number of oxazole rings is 1. The number of nitrogens with zero attached hydrogens (tertiary/aromatic N) is 5. The van der Waals surface area contributed by atoms with E-state index >= 15 is 0 Å². The molecule has 5 aromatic rings. The van der Waals surface area contributed by atoms with E-state index in [4.69, 9.17) is 19.6 Å². The van der Waals surface area contributed by atoms with Crippen molar-refractivity contribution >= 4 is 22.9 Å². The van der Waals surface area contributed by atoms with Gasteiger partial charge in [-0.3, -0.25) is 0 Å². The van der Waals surface area contributed by atoms with Gasteiger partial charge in [0.05, 0.1) is 17.6 Å².